The highest BCUT2D eigenvalue weighted by Crippen LogP contribution is 2.08. The Morgan fingerprint density at radius 2 is 2.05 bits per heavy atom. The molecule has 1 aromatic heterocycles. The fourth-order valence-corrected chi connectivity index (χ4v) is 1.23. The van der Waals surface area contributed by atoms with Crippen LogP contribution in [0.5, 0.6) is 0 Å². The van der Waals surface area contributed by atoms with Gasteiger partial charge in [0.05, 0.1) is 0 Å². The second-order valence-corrected chi connectivity index (χ2v) is 4.84. The van der Waals surface area contributed by atoms with Crippen molar-refractivity contribution < 1.29 is 18.7 Å². The van der Waals surface area contributed by atoms with Crippen molar-refractivity contribution >= 4 is 17.7 Å². The van der Waals surface area contributed by atoms with Gasteiger partial charge in [0, 0.05) is 0 Å². The van der Waals surface area contributed by atoms with Crippen LogP contribution in [-0.4, -0.2) is 29.0 Å². The lowest BCUT2D eigenvalue weighted by molar-refractivity contribution is -0.153. The predicted molar refractivity (Wildman–Crippen MR) is 66.8 cm³/mol. The Labute approximate surface area is 110 Å². The van der Waals surface area contributed by atoms with Gasteiger partial charge in [0.1, 0.15) is 18.0 Å². The number of carbonyl (C=O) groups is 2. The summed E-state index contributed by atoms with van der Waals surface area (Å²) in [5.41, 5.74) is 4.25. The van der Waals surface area contributed by atoms with E-state index in [1.165, 1.54) is 6.07 Å². The van der Waals surface area contributed by atoms with Crippen molar-refractivity contribution in [2.75, 3.05) is 12.3 Å². The van der Waals surface area contributed by atoms with Gasteiger partial charge in [0.2, 0.25) is 0 Å². The lowest BCUT2D eigenvalue weighted by atomic mass is 10.2. The van der Waals surface area contributed by atoms with E-state index in [-0.39, 0.29) is 12.4 Å². The van der Waals surface area contributed by atoms with Crippen molar-refractivity contribution in [1.82, 2.24) is 10.3 Å². The molecule has 7 heteroatoms. The number of ether oxygens (including phenoxy) is 1. The summed E-state index contributed by atoms with van der Waals surface area (Å²) >= 11 is 0. The summed E-state index contributed by atoms with van der Waals surface area (Å²) in [4.78, 5) is 26.5. The van der Waals surface area contributed by atoms with Crippen LogP contribution in [0.15, 0.2) is 12.1 Å². The molecular formula is C12H16FN3O3. The Kier molecular flexibility index (Phi) is 4.42. The zero-order chi connectivity index (χ0) is 14.6. The number of anilines is 1. The van der Waals surface area contributed by atoms with Gasteiger partial charge < -0.3 is 15.8 Å². The minimum atomic E-state index is -0.823. The first-order valence-corrected chi connectivity index (χ1v) is 5.61. The minimum absolute atomic E-state index is 0.0174. The highest BCUT2D eigenvalue weighted by atomic mass is 19.1. The maximum atomic E-state index is 13.3. The minimum Gasteiger partial charge on any atom is -0.459 e. The fourth-order valence-electron chi connectivity index (χ4n) is 1.23. The van der Waals surface area contributed by atoms with Crippen molar-refractivity contribution in [3.63, 3.8) is 0 Å². The van der Waals surface area contributed by atoms with Crippen molar-refractivity contribution in [1.29, 1.82) is 0 Å². The van der Waals surface area contributed by atoms with E-state index >= 15 is 0 Å². The molecule has 0 saturated carbocycles. The third-order valence-corrected chi connectivity index (χ3v) is 1.90. The zero-order valence-corrected chi connectivity index (χ0v) is 11.0. The number of carbonyl (C=O) groups excluding carboxylic acids is 2. The second-order valence-electron chi connectivity index (χ2n) is 4.84. The molecule has 0 spiro atoms. The molecule has 0 fully saturated rings. The molecule has 3 N–H and O–H groups in total. The zero-order valence-electron chi connectivity index (χ0n) is 11.0. The molecule has 1 heterocycles. The topological polar surface area (TPSA) is 94.3 Å². The van der Waals surface area contributed by atoms with Crippen LogP contribution in [0, 0.1) is 5.82 Å². The molecule has 0 aliphatic carbocycles. The summed E-state index contributed by atoms with van der Waals surface area (Å²) in [5.74, 6) is -2.24. The van der Waals surface area contributed by atoms with Crippen molar-refractivity contribution in [2.24, 2.45) is 0 Å². The van der Waals surface area contributed by atoms with Gasteiger partial charge in [-0.3, -0.25) is 9.59 Å². The molecule has 0 saturated heterocycles. The van der Waals surface area contributed by atoms with E-state index in [1.807, 2.05) is 0 Å². The number of esters is 1. The normalized spacial score (nSPS) is 10.9. The number of nitrogens with two attached hydrogens (primary N) is 1. The first-order chi connectivity index (χ1) is 8.69. The second kappa shape index (κ2) is 5.64. The average Bonchev–Trinajstić information content (AvgIpc) is 2.27. The lowest BCUT2D eigenvalue weighted by Crippen LogP contribution is -2.35. The Hall–Kier alpha value is -2.18. The highest BCUT2D eigenvalue weighted by molar-refractivity contribution is 5.94. The van der Waals surface area contributed by atoms with Gasteiger partial charge >= 0.3 is 5.97 Å². The van der Waals surface area contributed by atoms with Gasteiger partial charge in [-0.25, -0.2) is 9.37 Å². The molecular weight excluding hydrogens is 253 g/mol. The third kappa shape index (κ3) is 4.90. The predicted octanol–water partition coefficient (Wildman–Crippen LogP) is 0.874. The molecule has 0 aromatic carbocycles. The van der Waals surface area contributed by atoms with Crippen LogP contribution in [0.2, 0.25) is 0 Å². The van der Waals surface area contributed by atoms with E-state index in [9.17, 15) is 14.0 Å². The number of nitrogens with zero attached hydrogens (tertiary/aromatic N) is 1. The molecule has 0 atom stereocenters. The maximum Gasteiger partial charge on any atom is 0.325 e. The molecule has 19 heavy (non-hydrogen) atoms. The molecule has 6 nitrogen and oxygen atoms in total. The van der Waals surface area contributed by atoms with E-state index in [0.29, 0.717) is 0 Å². The van der Waals surface area contributed by atoms with Gasteiger partial charge in [0.15, 0.2) is 11.5 Å². The largest absolute Gasteiger partial charge is 0.459 e. The number of aromatic nitrogens is 1. The van der Waals surface area contributed by atoms with Crippen LogP contribution in [0.4, 0.5) is 10.2 Å². The molecule has 0 aliphatic rings. The Morgan fingerprint density at radius 1 is 1.42 bits per heavy atom. The monoisotopic (exact) mass is 269 g/mol. The number of amides is 1. The molecule has 1 amide bonds. The van der Waals surface area contributed by atoms with Gasteiger partial charge in [0.25, 0.3) is 5.91 Å². The third-order valence-electron chi connectivity index (χ3n) is 1.90. The van der Waals surface area contributed by atoms with E-state index in [0.717, 1.165) is 6.07 Å². The maximum absolute atomic E-state index is 13.3. The molecule has 0 unspecified atom stereocenters. The average molecular weight is 269 g/mol. The van der Waals surface area contributed by atoms with Crippen molar-refractivity contribution in [2.45, 2.75) is 26.4 Å². The van der Waals surface area contributed by atoms with Gasteiger partial charge in [-0.05, 0) is 32.9 Å². The van der Waals surface area contributed by atoms with Crippen molar-refractivity contribution in [3.05, 3.63) is 23.6 Å². The number of pyridine rings is 1. The first kappa shape index (κ1) is 14.9. The number of rotatable bonds is 3. The van der Waals surface area contributed by atoms with Crippen LogP contribution in [0.25, 0.3) is 0 Å². The van der Waals surface area contributed by atoms with Crippen molar-refractivity contribution in [3.8, 4) is 0 Å². The molecule has 1 rings (SSSR count). The van der Waals surface area contributed by atoms with Crippen LogP contribution in [0.3, 0.4) is 0 Å². The standard InChI is InChI=1S/C12H16FN3O3/c1-12(2,3)19-9(17)6-15-11(18)10-7(13)4-5-8(14)16-10/h4-5H,6H2,1-3H3,(H2,14,16)(H,15,18). The smallest absolute Gasteiger partial charge is 0.325 e. The number of nitrogen functional groups attached to an aromatic ring is 1. The number of halogens is 1. The van der Waals surface area contributed by atoms with E-state index in [1.54, 1.807) is 20.8 Å². The number of nitrogens with one attached hydrogen (secondary N) is 1. The number of hydrogen-bond acceptors (Lipinski definition) is 5. The fraction of sp³-hybridized carbons (Fsp3) is 0.417. The first-order valence-electron chi connectivity index (χ1n) is 5.61. The van der Waals surface area contributed by atoms with Gasteiger partial charge in [-0.1, -0.05) is 0 Å². The highest BCUT2D eigenvalue weighted by Gasteiger charge is 2.19. The molecule has 0 radical (unpaired) electrons. The van der Waals surface area contributed by atoms with Gasteiger partial charge in [-0.15, -0.1) is 0 Å². The van der Waals surface area contributed by atoms with Gasteiger partial charge in [-0.2, -0.15) is 0 Å². The Balaban J connectivity index is 2.61. The van der Waals surface area contributed by atoms with Crippen LogP contribution in [0.1, 0.15) is 31.3 Å². The molecule has 0 aliphatic heterocycles. The van der Waals surface area contributed by atoms with Crippen LogP contribution < -0.4 is 11.1 Å². The Morgan fingerprint density at radius 3 is 2.63 bits per heavy atom. The summed E-state index contributed by atoms with van der Waals surface area (Å²) in [6, 6.07) is 2.27. The Bertz CT molecular complexity index is 497. The van der Waals surface area contributed by atoms with E-state index in [4.69, 9.17) is 10.5 Å². The molecule has 0 bridgehead atoms. The summed E-state index contributed by atoms with van der Waals surface area (Å²) < 4.78 is 18.3. The van der Waals surface area contributed by atoms with Crippen LogP contribution in [-0.2, 0) is 9.53 Å². The molecule has 1 aromatic rings. The lowest BCUT2D eigenvalue weighted by Gasteiger charge is -2.19. The van der Waals surface area contributed by atoms with E-state index < -0.39 is 29.0 Å². The summed E-state index contributed by atoms with van der Waals surface area (Å²) in [6.07, 6.45) is 0. The summed E-state index contributed by atoms with van der Waals surface area (Å²) in [7, 11) is 0. The molecule has 104 valence electrons. The summed E-state index contributed by atoms with van der Waals surface area (Å²) in [6.45, 7) is 4.73. The summed E-state index contributed by atoms with van der Waals surface area (Å²) in [5, 5.41) is 2.22. The van der Waals surface area contributed by atoms with E-state index in [2.05, 4.69) is 10.3 Å². The quantitative estimate of drug-likeness (QED) is 0.794. The SMILES string of the molecule is CC(C)(C)OC(=O)CNC(=O)c1nc(N)ccc1F. The number of hydrogen-bond donors (Lipinski definition) is 2. The van der Waals surface area contributed by atoms with Crippen LogP contribution >= 0.6 is 0 Å².